The largest absolute Gasteiger partial charge is 0.492 e. The maximum atomic E-state index is 6.20. The molecule has 3 nitrogen and oxygen atoms in total. The van der Waals surface area contributed by atoms with Crippen molar-refractivity contribution in [2.45, 2.75) is 13.5 Å². The molecule has 0 spiro atoms. The molecule has 0 bridgehead atoms. The van der Waals surface area contributed by atoms with Gasteiger partial charge in [0.2, 0.25) is 0 Å². The zero-order chi connectivity index (χ0) is 14.7. The van der Waals surface area contributed by atoms with Crippen LogP contribution in [0, 0.1) is 0 Å². The van der Waals surface area contributed by atoms with Crippen molar-refractivity contribution in [1.29, 1.82) is 0 Å². The molecule has 0 aliphatic heterocycles. The molecular weight excluding hydrogens is 286 g/mol. The molecular formula is C17H16ClNO2. The van der Waals surface area contributed by atoms with Crippen LogP contribution in [0.25, 0.3) is 11.0 Å². The maximum Gasteiger partial charge on any atom is 0.199 e. The molecule has 0 aliphatic rings. The molecule has 0 unspecified atom stereocenters. The molecule has 3 aromatic rings. The van der Waals surface area contributed by atoms with E-state index < -0.39 is 0 Å². The number of anilines is 1. The van der Waals surface area contributed by atoms with E-state index in [1.165, 1.54) is 0 Å². The van der Waals surface area contributed by atoms with Gasteiger partial charge in [-0.2, -0.15) is 0 Å². The summed E-state index contributed by atoms with van der Waals surface area (Å²) < 4.78 is 11.2. The molecule has 0 aliphatic carbocycles. The van der Waals surface area contributed by atoms with Gasteiger partial charge in [0.05, 0.1) is 12.3 Å². The molecule has 0 radical (unpaired) electrons. The van der Waals surface area contributed by atoms with Gasteiger partial charge >= 0.3 is 0 Å². The average molecular weight is 302 g/mol. The van der Waals surface area contributed by atoms with Crippen LogP contribution in [0.15, 0.2) is 52.9 Å². The molecule has 108 valence electrons. The van der Waals surface area contributed by atoms with E-state index in [4.69, 9.17) is 20.8 Å². The zero-order valence-electron chi connectivity index (χ0n) is 11.7. The first-order chi connectivity index (χ1) is 10.3. The number of benzene rings is 2. The van der Waals surface area contributed by atoms with E-state index in [0.29, 0.717) is 18.4 Å². The van der Waals surface area contributed by atoms with Crippen molar-refractivity contribution in [1.82, 2.24) is 0 Å². The third-order valence-corrected chi connectivity index (χ3v) is 3.60. The van der Waals surface area contributed by atoms with Crippen molar-refractivity contribution in [3.63, 3.8) is 0 Å². The third kappa shape index (κ3) is 2.83. The normalized spacial score (nSPS) is 10.8. The summed E-state index contributed by atoms with van der Waals surface area (Å²) in [5, 5.41) is 4.82. The number of fused-ring (bicyclic) bond motifs is 1. The summed E-state index contributed by atoms with van der Waals surface area (Å²) in [6.45, 7) is 3.19. The fourth-order valence-corrected chi connectivity index (χ4v) is 2.56. The Kier molecular flexibility index (Phi) is 4.02. The molecule has 1 N–H and O–H groups in total. The minimum absolute atomic E-state index is 0.428. The number of ether oxygens (including phenoxy) is 1. The lowest BCUT2D eigenvalue weighted by Gasteiger charge is -2.11. The first-order valence-electron chi connectivity index (χ1n) is 6.91. The smallest absolute Gasteiger partial charge is 0.199 e. The predicted octanol–water partition coefficient (Wildman–Crippen LogP) is 5.10. The van der Waals surface area contributed by atoms with E-state index in [1.807, 2.05) is 55.5 Å². The van der Waals surface area contributed by atoms with E-state index in [2.05, 4.69) is 5.32 Å². The van der Waals surface area contributed by atoms with Crippen molar-refractivity contribution in [3.8, 4) is 5.75 Å². The van der Waals surface area contributed by atoms with Crippen LogP contribution in [0.5, 0.6) is 5.75 Å². The van der Waals surface area contributed by atoms with Gasteiger partial charge in [0.1, 0.15) is 11.3 Å². The molecule has 0 amide bonds. The van der Waals surface area contributed by atoms with Crippen molar-refractivity contribution >= 4 is 28.3 Å². The van der Waals surface area contributed by atoms with E-state index in [0.717, 1.165) is 28.0 Å². The van der Waals surface area contributed by atoms with Crippen LogP contribution >= 0.6 is 11.6 Å². The van der Waals surface area contributed by atoms with Crippen LogP contribution in [-0.2, 0) is 6.54 Å². The molecule has 1 heterocycles. The number of hydrogen-bond acceptors (Lipinski definition) is 3. The summed E-state index contributed by atoms with van der Waals surface area (Å²) in [4.78, 5) is 0. The zero-order valence-corrected chi connectivity index (χ0v) is 12.5. The molecule has 0 saturated carbocycles. The highest BCUT2D eigenvalue weighted by Gasteiger charge is 2.12. The average Bonchev–Trinajstić information content (AvgIpc) is 2.82. The van der Waals surface area contributed by atoms with Crippen LogP contribution in [0.2, 0.25) is 5.22 Å². The Bertz CT molecular complexity index is 751. The first kappa shape index (κ1) is 13.8. The lowest BCUT2D eigenvalue weighted by atomic mass is 10.1. The molecule has 0 atom stereocenters. The number of hydrogen-bond donors (Lipinski definition) is 1. The van der Waals surface area contributed by atoms with Crippen LogP contribution in [0.3, 0.4) is 0 Å². The summed E-state index contributed by atoms with van der Waals surface area (Å²) >= 11 is 6.20. The molecule has 0 fully saturated rings. The lowest BCUT2D eigenvalue weighted by molar-refractivity contribution is 0.341. The van der Waals surface area contributed by atoms with Gasteiger partial charge in [0.25, 0.3) is 0 Å². The third-order valence-electron chi connectivity index (χ3n) is 3.29. The minimum atomic E-state index is 0.428. The van der Waals surface area contributed by atoms with Gasteiger partial charge < -0.3 is 14.5 Å². The summed E-state index contributed by atoms with van der Waals surface area (Å²) in [5.74, 6) is 0.837. The molecule has 1 aromatic heterocycles. The number of halogens is 1. The van der Waals surface area contributed by atoms with Crippen LogP contribution in [0.1, 0.15) is 12.5 Å². The Labute approximate surface area is 128 Å². The SMILES string of the molecule is CCOc1ccccc1NCc1c(Cl)oc2ccccc12. The standard InChI is InChI=1S/C17H16ClNO2/c1-2-20-16-10-6-4-8-14(16)19-11-13-12-7-3-5-9-15(12)21-17(13)18/h3-10,19H,2,11H2,1H3. The Morgan fingerprint density at radius 2 is 1.86 bits per heavy atom. The molecule has 21 heavy (non-hydrogen) atoms. The highest BCUT2D eigenvalue weighted by Crippen LogP contribution is 2.31. The fraction of sp³-hybridized carbons (Fsp3) is 0.176. The van der Waals surface area contributed by atoms with E-state index in [1.54, 1.807) is 0 Å². The number of para-hydroxylation sites is 3. The van der Waals surface area contributed by atoms with Gasteiger partial charge in [-0.05, 0) is 36.7 Å². The maximum absolute atomic E-state index is 6.20. The number of furan rings is 1. The fourth-order valence-electron chi connectivity index (χ4n) is 2.31. The van der Waals surface area contributed by atoms with Gasteiger partial charge in [-0.3, -0.25) is 0 Å². The Hall–Kier alpha value is -2.13. The Balaban J connectivity index is 1.85. The highest BCUT2D eigenvalue weighted by atomic mass is 35.5. The van der Waals surface area contributed by atoms with Gasteiger partial charge in [-0.25, -0.2) is 0 Å². The van der Waals surface area contributed by atoms with Crippen molar-refractivity contribution in [3.05, 3.63) is 59.3 Å². The van der Waals surface area contributed by atoms with E-state index in [-0.39, 0.29) is 0 Å². The van der Waals surface area contributed by atoms with E-state index in [9.17, 15) is 0 Å². The molecule has 2 aromatic carbocycles. The monoisotopic (exact) mass is 301 g/mol. The number of rotatable bonds is 5. The summed E-state index contributed by atoms with van der Waals surface area (Å²) in [6, 6.07) is 15.7. The summed E-state index contributed by atoms with van der Waals surface area (Å²) in [7, 11) is 0. The Morgan fingerprint density at radius 1 is 1.10 bits per heavy atom. The minimum Gasteiger partial charge on any atom is -0.492 e. The summed E-state index contributed by atoms with van der Waals surface area (Å²) in [5.41, 5.74) is 2.71. The van der Waals surface area contributed by atoms with Crippen molar-refractivity contribution in [2.75, 3.05) is 11.9 Å². The first-order valence-corrected chi connectivity index (χ1v) is 7.29. The second-order valence-corrected chi connectivity index (χ2v) is 4.98. The number of nitrogens with one attached hydrogen (secondary N) is 1. The van der Waals surface area contributed by atoms with Crippen LogP contribution in [-0.4, -0.2) is 6.61 Å². The predicted molar refractivity (Wildman–Crippen MR) is 86.2 cm³/mol. The van der Waals surface area contributed by atoms with Crippen molar-refractivity contribution in [2.24, 2.45) is 0 Å². The quantitative estimate of drug-likeness (QED) is 0.712. The second kappa shape index (κ2) is 6.10. The summed E-state index contributed by atoms with van der Waals surface area (Å²) in [6.07, 6.45) is 0. The topological polar surface area (TPSA) is 34.4 Å². The van der Waals surface area contributed by atoms with E-state index >= 15 is 0 Å². The molecule has 0 saturated heterocycles. The highest BCUT2D eigenvalue weighted by molar-refractivity contribution is 6.30. The van der Waals surface area contributed by atoms with Gasteiger partial charge in [0.15, 0.2) is 5.22 Å². The van der Waals surface area contributed by atoms with Crippen molar-refractivity contribution < 1.29 is 9.15 Å². The van der Waals surface area contributed by atoms with Gasteiger partial charge in [0, 0.05) is 17.5 Å². The van der Waals surface area contributed by atoms with Crippen LogP contribution < -0.4 is 10.1 Å². The van der Waals surface area contributed by atoms with Gasteiger partial charge in [-0.1, -0.05) is 30.3 Å². The second-order valence-electron chi connectivity index (χ2n) is 4.63. The lowest BCUT2D eigenvalue weighted by Crippen LogP contribution is -2.02. The molecule has 3 rings (SSSR count). The Morgan fingerprint density at radius 3 is 2.71 bits per heavy atom. The van der Waals surface area contributed by atoms with Crippen LogP contribution in [0.4, 0.5) is 5.69 Å². The molecule has 4 heteroatoms. The van der Waals surface area contributed by atoms with Gasteiger partial charge in [-0.15, -0.1) is 0 Å².